The molecule has 0 aliphatic carbocycles. The normalized spacial score (nSPS) is 12.2. The number of hydrogen-bond acceptors (Lipinski definition) is 2. The Morgan fingerprint density at radius 3 is 2.47 bits per heavy atom. The number of rotatable bonds is 4. The molecule has 19 heavy (non-hydrogen) atoms. The van der Waals surface area contributed by atoms with Crippen LogP contribution < -0.4 is 10.1 Å². The van der Waals surface area contributed by atoms with Crippen molar-refractivity contribution < 1.29 is 4.74 Å². The molecular formula is C16H18BrNO. The van der Waals surface area contributed by atoms with Gasteiger partial charge >= 0.3 is 0 Å². The van der Waals surface area contributed by atoms with Gasteiger partial charge in [0.05, 0.1) is 13.2 Å². The minimum absolute atomic E-state index is 0.144. The van der Waals surface area contributed by atoms with Gasteiger partial charge in [-0.2, -0.15) is 0 Å². The zero-order chi connectivity index (χ0) is 13.8. The summed E-state index contributed by atoms with van der Waals surface area (Å²) in [5.74, 6) is 0.868. The maximum Gasteiger partial charge on any atom is 0.119 e. The highest BCUT2D eigenvalue weighted by molar-refractivity contribution is 9.10. The van der Waals surface area contributed by atoms with E-state index in [0.717, 1.165) is 10.2 Å². The maximum atomic E-state index is 5.32. The monoisotopic (exact) mass is 319 g/mol. The Morgan fingerprint density at radius 1 is 1.11 bits per heavy atom. The Labute approximate surface area is 122 Å². The summed E-state index contributed by atoms with van der Waals surface area (Å²) in [4.78, 5) is 0. The Balaban J connectivity index is 2.51. The second-order valence-corrected chi connectivity index (χ2v) is 5.32. The average molecular weight is 320 g/mol. The number of benzene rings is 2. The molecule has 3 heteroatoms. The molecule has 0 radical (unpaired) electrons. The fourth-order valence-corrected chi connectivity index (χ4v) is 2.73. The molecule has 0 amide bonds. The Bertz CT molecular complexity index is 568. The second kappa shape index (κ2) is 6.22. The summed E-state index contributed by atoms with van der Waals surface area (Å²) in [6.45, 7) is 2.13. The summed E-state index contributed by atoms with van der Waals surface area (Å²) >= 11 is 3.63. The Hall–Kier alpha value is -1.32. The molecule has 2 aromatic rings. The highest BCUT2D eigenvalue weighted by Gasteiger charge is 2.17. The van der Waals surface area contributed by atoms with E-state index in [4.69, 9.17) is 4.74 Å². The minimum atomic E-state index is 0.144. The van der Waals surface area contributed by atoms with Gasteiger partial charge in [-0.15, -0.1) is 0 Å². The molecule has 1 atom stereocenters. The predicted molar refractivity (Wildman–Crippen MR) is 82.8 cm³/mol. The first-order valence-electron chi connectivity index (χ1n) is 6.23. The van der Waals surface area contributed by atoms with Gasteiger partial charge in [0.2, 0.25) is 0 Å². The Kier molecular flexibility index (Phi) is 4.61. The zero-order valence-electron chi connectivity index (χ0n) is 11.4. The number of hydrogen-bond donors (Lipinski definition) is 1. The van der Waals surface area contributed by atoms with Crippen LogP contribution in [0, 0.1) is 6.92 Å². The summed E-state index contributed by atoms with van der Waals surface area (Å²) in [6, 6.07) is 14.6. The van der Waals surface area contributed by atoms with Gasteiger partial charge < -0.3 is 10.1 Å². The van der Waals surface area contributed by atoms with Crippen LogP contribution in [-0.4, -0.2) is 14.2 Å². The molecule has 1 N–H and O–H groups in total. The standard InChI is InChI=1S/C16H18BrNO/c1-11-6-4-5-7-13(11)16(18-2)14-10-12(19-3)8-9-15(14)17/h4-10,16,18H,1-3H3. The van der Waals surface area contributed by atoms with Gasteiger partial charge in [-0.25, -0.2) is 0 Å². The smallest absolute Gasteiger partial charge is 0.119 e. The van der Waals surface area contributed by atoms with E-state index in [1.165, 1.54) is 16.7 Å². The van der Waals surface area contributed by atoms with Crippen molar-refractivity contribution in [1.82, 2.24) is 5.32 Å². The van der Waals surface area contributed by atoms with E-state index in [1.54, 1.807) is 7.11 Å². The van der Waals surface area contributed by atoms with Gasteiger partial charge in [0.25, 0.3) is 0 Å². The molecule has 0 aromatic heterocycles. The highest BCUT2D eigenvalue weighted by atomic mass is 79.9. The van der Waals surface area contributed by atoms with E-state index in [0.29, 0.717) is 0 Å². The summed E-state index contributed by atoms with van der Waals surface area (Å²) in [5.41, 5.74) is 3.73. The van der Waals surface area contributed by atoms with Crippen molar-refractivity contribution in [3.8, 4) is 5.75 Å². The van der Waals surface area contributed by atoms with E-state index in [1.807, 2.05) is 19.2 Å². The number of ether oxygens (including phenoxy) is 1. The predicted octanol–water partition coefficient (Wildman–Crippen LogP) is 4.07. The van der Waals surface area contributed by atoms with E-state index in [-0.39, 0.29) is 6.04 Å². The van der Waals surface area contributed by atoms with Crippen LogP contribution >= 0.6 is 15.9 Å². The molecule has 0 aliphatic rings. The zero-order valence-corrected chi connectivity index (χ0v) is 13.0. The van der Waals surface area contributed by atoms with Gasteiger partial charge in [0.15, 0.2) is 0 Å². The van der Waals surface area contributed by atoms with Crippen LogP contribution in [0.5, 0.6) is 5.75 Å². The largest absolute Gasteiger partial charge is 0.497 e. The van der Waals surface area contributed by atoms with Gasteiger partial charge in [0.1, 0.15) is 5.75 Å². The summed E-state index contributed by atoms with van der Waals surface area (Å²) in [7, 11) is 3.66. The van der Waals surface area contributed by atoms with E-state index in [9.17, 15) is 0 Å². The van der Waals surface area contributed by atoms with Crippen molar-refractivity contribution in [3.63, 3.8) is 0 Å². The first kappa shape index (κ1) is 14.1. The molecule has 2 rings (SSSR count). The first-order valence-corrected chi connectivity index (χ1v) is 7.03. The van der Waals surface area contributed by atoms with Crippen LogP contribution in [-0.2, 0) is 0 Å². The van der Waals surface area contributed by atoms with Gasteiger partial charge in [-0.1, -0.05) is 40.2 Å². The maximum absolute atomic E-state index is 5.32. The summed E-state index contributed by atoms with van der Waals surface area (Å²) in [6.07, 6.45) is 0. The van der Waals surface area contributed by atoms with Crippen LogP contribution in [0.2, 0.25) is 0 Å². The third-order valence-electron chi connectivity index (χ3n) is 3.30. The van der Waals surface area contributed by atoms with Crippen molar-refractivity contribution in [2.75, 3.05) is 14.2 Å². The SMILES string of the molecule is CNC(c1ccccc1C)c1cc(OC)ccc1Br. The third kappa shape index (κ3) is 2.99. The minimum Gasteiger partial charge on any atom is -0.497 e. The van der Waals surface area contributed by atoms with E-state index < -0.39 is 0 Å². The number of methoxy groups -OCH3 is 1. The molecule has 0 bridgehead atoms. The molecular weight excluding hydrogens is 302 g/mol. The topological polar surface area (TPSA) is 21.3 Å². The molecule has 0 saturated heterocycles. The molecule has 1 unspecified atom stereocenters. The average Bonchev–Trinajstić information content (AvgIpc) is 2.43. The Morgan fingerprint density at radius 2 is 1.84 bits per heavy atom. The van der Waals surface area contributed by atoms with Crippen molar-refractivity contribution in [1.29, 1.82) is 0 Å². The molecule has 0 fully saturated rings. The van der Waals surface area contributed by atoms with Crippen LogP contribution in [0.15, 0.2) is 46.9 Å². The molecule has 0 aliphatic heterocycles. The van der Waals surface area contributed by atoms with Crippen LogP contribution in [0.25, 0.3) is 0 Å². The molecule has 0 spiro atoms. The number of aryl methyl sites for hydroxylation is 1. The van der Waals surface area contributed by atoms with Gasteiger partial charge in [-0.05, 0) is 48.9 Å². The quantitative estimate of drug-likeness (QED) is 0.917. The molecule has 0 heterocycles. The number of nitrogens with one attached hydrogen (secondary N) is 1. The molecule has 2 aromatic carbocycles. The van der Waals surface area contributed by atoms with E-state index >= 15 is 0 Å². The van der Waals surface area contributed by atoms with Gasteiger partial charge in [-0.3, -0.25) is 0 Å². The summed E-state index contributed by atoms with van der Waals surface area (Å²) in [5, 5.41) is 3.38. The lowest BCUT2D eigenvalue weighted by atomic mass is 9.95. The van der Waals surface area contributed by atoms with Crippen molar-refractivity contribution in [2.45, 2.75) is 13.0 Å². The second-order valence-electron chi connectivity index (χ2n) is 4.47. The van der Waals surface area contributed by atoms with Crippen molar-refractivity contribution in [3.05, 3.63) is 63.6 Å². The van der Waals surface area contributed by atoms with Crippen LogP contribution in [0.3, 0.4) is 0 Å². The van der Waals surface area contributed by atoms with Crippen LogP contribution in [0.4, 0.5) is 0 Å². The lowest BCUT2D eigenvalue weighted by Gasteiger charge is -2.21. The fraction of sp³-hybridized carbons (Fsp3) is 0.250. The third-order valence-corrected chi connectivity index (χ3v) is 4.02. The van der Waals surface area contributed by atoms with E-state index in [2.05, 4.69) is 58.5 Å². The first-order chi connectivity index (χ1) is 9.17. The molecule has 2 nitrogen and oxygen atoms in total. The van der Waals surface area contributed by atoms with Crippen molar-refractivity contribution in [2.24, 2.45) is 0 Å². The lowest BCUT2D eigenvalue weighted by molar-refractivity contribution is 0.413. The lowest BCUT2D eigenvalue weighted by Crippen LogP contribution is -2.19. The highest BCUT2D eigenvalue weighted by Crippen LogP contribution is 2.32. The summed E-state index contributed by atoms with van der Waals surface area (Å²) < 4.78 is 6.40. The number of halogens is 1. The fourth-order valence-electron chi connectivity index (χ4n) is 2.26. The molecule has 100 valence electrons. The van der Waals surface area contributed by atoms with Crippen molar-refractivity contribution >= 4 is 15.9 Å². The molecule has 0 saturated carbocycles. The van der Waals surface area contributed by atoms with Crippen LogP contribution in [0.1, 0.15) is 22.7 Å². The van der Waals surface area contributed by atoms with Gasteiger partial charge in [0, 0.05) is 4.47 Å².